The van der Waals surface area contributed by atoms with Crippen molar-refractivity contribution in [2.75, 3.05) is 25.2 Å². The van der Waals surface area contributed by atoms with E-state index in [4.69, 9.17) is 15.6 Å². The van der Waals surface area contributed by atoms with Crippen molar-refractivity contribution in [1.29, 1.82) is 0 Å². The van der Waals surface area contributed by atoms with Crippen molar-refractivity contribution in [1.82, 2.24) is 20.1 Å². The first-order valence-corrected chi connectivity index (χ1v) is 16.4. The van der Waals surface area contributed by atoms with Gasteiger partial charge in [-0.3, -0.25) is 24.1 Å². The van der Waals surface area contributed by atoms with Crippen LogP contribution in [0.4, 0.5) is 5.13 Å². The molecule has 0 unspecified atom stereocenters. The predicted molar refractivity (Wildman–Crippen MR) is 156 cm³/mol. The number of rotatable bonds is 8. The molecule has 1 aromatic heterocycles. The highest BCUT2D eigenvalue weighted by Gasteiger charge is 2.67. The van der Waals surface area contributed by atoms with Crippen LogP contribution < -0.4 is 11.1 Å². The number of oxime groups is 1. The quantitative estimate of drug-likeness (QED) is 0.106. The van der Waals surface area contributed by atoms with Gasteiger partial charge in [-0.1, -0.05) is 5.16 Å². The summed E-state index contributed by atoms with van der Waals surface area (Å²) in [4.78, 5) is 80.9. The molecule has 3 amide bonds. The average molecular weight is 689 g/mol. The van der Waals surface area contributed by atoms with Crippen LogP contribution in [0.2, 0.25) is 0 Å². The number of β-lactam (4-membered cyclic amide) rings is 2. The number of amides is 3. The molecule has 5 rings (SSSR count). The van der Waals surface area contributed by atoms with E-state index in [-0.39, 0.29) is 41.0 Å². The molecule has 0 aliphatic carbocycles. The number of carboxylic acid groups (broad SMARTS) is 2. The Balaban J connectivity index is 0.000000256. The van der Waals surface area contributed by atoms with Gasteiger partial charge in [0.1, 0.15) is 47.9 Å². The zero-order valence-electron chi connectivity index (χ0n) is 24.1. The summed E-state index contributed by atoms with van der Waals surface area (Å²) in [5, 5.41) is 24.9. The number of nitrogens with one attached hydrogen (secondary N) is 1. The number of carbonyl (C=O) groups is 6. The standard InChI is InChI=1S/C16H17N5O7S2.C8H11NO5S/c1-6(22)28-3-7-4-29-14-10(13(24)21(14)11(7)15(25)26)19-12(23)9(20-27-2)8-5-30-16(17)18-8;1-8(2)6(7(11)12)9-4(10)3-5(9)15(8,13)14/h5,10,14H,3-4H2,1-2H3,(H2,17,18)(H,19,23)(H,25,26);5-6H,3H2,1-2H3,(H,11,12)/b20-9+;/t10-,14-;5-,6+/m11/s1. The number of fused-ring (bicyclic) bond motifs is 2. The molecular formula is C24H28N6O12S3. The van der Waals surface area contributed by atoms with E-state index in [0.717, 1.165) is 21.1 Å². The van der Waals surface area contributed by atoms with Gasteiger partial charge in [0.15, 0.2) is 20.7 Å². The van der Waals surface area contributed by atoms with E-state index in [0.29, 0.717) is 5.57 Å². The fourth-order valence-corrected chi connectivity index (χ4v) is 9.12. The highest BCUT2D eigenvalue weighted by atomic mass is 32.2. The fraction of sp³-hybridized carbons (Fsp3) is 0.500. The molecule has 5 N–H and O–H groups in total. The Morgan fingerprint density at radius 2 is 1.91 bits per heavy atom. The molecular weight excluding hydrogens is 660 g/mol. The first-order valence-electron chi connectivity index (χ1n) is 12.9. The highest BCUT2D eigenvalue weighted by molar-refractivity contribution is 8.00. The largest absolute Gasteiger partial charge is 0.480 e. The average Bonchev–Trinajstić information content (AvgIpc) is 3.43. The smallest absolute Gasteiger partial charge is 0.352 e. The lowest BCUT2D eigenvalue weighted by molar-refractivity contribution is -0.157. The number of thiazole rings is 1. The maximum Gasteiger partial charge on any atom is 0.352 e. The van der Waals surface area contributed by atoms with E-state index in [1.54, 1.807) is 0 Å². The minimum Gasteiger partial charge on any atom is -0.480 e. The minimum absolute atomic E-state index is 0.0878. The van der Waals surface area contributed by atoms with Crippen molar-refractivity contribution < 1.29 is 57.0 Å². The van der Waals surface area contributed by atoms with Crippen LogP contribution in [0.15, 0.2) is 21.8 Å². The Kier molecular flexibility index (Phi) is 9.18. The van der Waals surface area contributed by atoms with E-state index in [1.807, 2.05) is 0 Å². The van der Waals surface area contributed by atoms with E-state index < -0.39 is 73.0 Å². The second kappa shape index (κ2) is 12.3. The van der Waals surface area contributed by atoms with Gasteiger partial charge in [-0.2, -0.15) is 0 Å². The number of thioether (sulfide) groups is 1. The van der Waals surface area contributed by atoms with Gasteiger partial charge in [-0.15, -0.1) is 23.1 Å². The van der Waals surface area contributed by atoms with Crippen molar-refractivity contribution in [3.63, 3.8) is 0 Å². The number of nitrogen functional groups attached to an aromatic ring is 1. The van der Waals surface area contributed by atoms with Gasteiger partial charge in [0.05, 0.1) is 11.2 Å². The maximum atomic E-state index is 12.7. The van der Waals surface area contributed by atoms with Crippen LogP contribution in [-0.2, 0) is 48.2 Å². The second-order valence-corrected chi connectivity index (χ2v) is 15.1. The summed E-state index contributed by atoms with van der Waals surface area (Å²) in [6.45, 7) is 3.68. The number of hydrogen-bond acceptors (Lipinski definition) is 15. The molecule has 3 fully saturated rings. The van der Waals surface area contributed by atoms with E-state index in [1.165, 1.54) is 45.0 Å². The van der Waals surface area contributed by atoms with E-state index in [2.05, 4.69) is 20.3 Å². The van der Waals surface area contributed by atoms with Crippen LogP contribution in [0.1, 0.15) is 32.9 Å². The lowest BCUT2D eigenvalue weighted by Gasteiger charge is -2.49. The summed E-state index contributed by atoms with van der Waals surface area (Å²) in [7, 11) is -2.31. The summed E-state index contributed by atoms with van der Waals surface area (Å²) in [5.74, 6) is -4.65. The Hall–Kier alpha value is -4.24. The molecule has 5 heterocycles. The van der Waals surface area contributed by atoms with Gasteiger partial charge in [-0.05, 0) is 13.8 Å². The number of esters is 1. The monoisotopic (exact) mass is 688 g/mol. The van der Waals surface area contributed by atoms with Gasteiger partial charge in [0, 0.05) is 23.6 Å². The molecule has 45 heavy (non-hydrogen) atoms. The molecule has 0 bridgehead atoms. The molecule has 1 aromatic rings. The highest BCUT2D eigenvalue weighted by Crippen LogP contribution is 2.45. The van der Waals surface area contributed by atoms with Gasteiger partial charge in [-0.25, -0.2) is 23.0 Å². The molecule has 244 valence electrons. The first-order chi connectivity index (χ1) is 20.9. The zero-order chi connectivity index (χ0) is 33.6. The number of nitrogens with zero attached hydrogens (tertiary/aromatic N) is 4. The Morgan fingerprint density at radius 1 is 1.24 bits per heavy atom. The lowest BCUT2D eigenvalue weighted by atomic mass is 9.98. The van der Waals surface area contributed by atoms with Crippen LogP contribution in [-0.4, -0.2) is 122 Å². The normalized spacial score (nSPS) is 25.9. The summed E-state index contributed by atoms with van der Waals surface area (Å²) in [6, 6.07) is -2.22. The van der Waals surface area contributed by atoms with Gasteiger partial charge >= 0.3 is 17.9 Å². The summed E-state index contributed by atoms with van der Waals surface area (Å²) in [6.07, 6.45) is -0.0878. The van der Waals surface area contributed by atoms with E-state index >= 15 is 0 Å². The van der Waals surface area contributed by atoms with Crippen LogP contribution in [0.25, 0.3) is 0 Å². The molecule has 0 spiro atoms. The topological polar surface area (TPSA) is 265 Å². The molecule has 3 saturated heterocycles. The van der Waals surface area contributed by atoms with Crippen LogP contribution in [0.3, 0.4) is 0 Å². The summed E-state index contributed by atoms with van der Waals surface area (Å²) in [5.41, 5.74) is 5.67. The Bertz CT molecular complexity index is 1650. The van der Waals surface area contributed by atoms with Gasteiger partial charge < -0.3 is 35.7 Å². The number of hydrogen-bond donors (Lipinski definition) is 4. The molecule has 4 atom stereocenters. The SMILES string of the molecule is CC1(C)[C@H](C(=O)O)N2C(=O)C[C@H]2S1(=O)=O.CO/N=C(/C(=O)N[C@@H]1C(=O)N2C(C(=O)O)=C(COC(C)=O)CS[C@H]12)c1csc(N)n1. The summed E-state index contributed by atoms with van der Waals surface area (Å²) >= 11 is 2.35. The number of carboxylic acids is 2. The van der Waals surface area contributed by atoms with Gasteiger partial charge in [0.2, 0.25) is 5.91 Å². The number of nitrogens with two attached hydrogens (primary N) is 1. The number of anilines is 1. The second-order valence-electron chi connectivity index (χ2n) is 10.4. The van der Waals surface area contributed by atoms with Crippen LogP contribution >= 0.6 is 23.1 Å². The maximum absolute atomic E-state index is 12.7. The molecule has 18 nitrogen and oxygen atoms in total. The summed E-state index contributed by atoms with van der Waals surface area (Å²) < 4.78 is 27.2. The lowest BCUT2D eigenvalue weighted by Crippen LogP contribution is -2.71. The Morgan fingerprint density at radius 3 is 2.40 bits per heavy atom. The number of sulfone groups is 1. The fourth-order valence-electron chi connectivity index (χ4n) is 5.11. The van der Waals surface area contributed by atoms with Crippen LogP contribution in [0.5, 0.6) is 0 Å². The zero-order valence-corrected chi connectivity index (χ0v) is 26.5. The van der Waals surface area contributed by atoms with Crippen molar-refractivity contribution in [3.8, 4) is 0 Å². The third-order valence-electron chi connectivity index (χ3n) is 7.36. The number of ether oxygens (including phenoxy) is 1. The Labute approximate surface area is 263 Å². The molecule has 0 saturated carbocycles. The number of aromatic nitrogens is 1. The predicted octanol–water partition coefficient (Wildman–Crippen LogP) is -1.42. The number of carbonyl (C=O) groups excluding carboxylic acids is 4. The number of aliphatic carboxylic acids is 2. The first kappa shape index (κ1) is 33.6. The molecule has 0 aromatic carbocycles. The third kappa shape index (κ3) is 5.81. The minimum atomic E-state index is -3.57. The third-order valence-corrected chi connectivity index (χ3v) is 12.2. The van der Waals surface area contributed by atoms with Gasteiger partial charge in [0.25, 0.3) is 11.8 Å². The molecule has 21 heteroatoms. The van der Waals surface area contributed by atoms with Crippen molar-refractivity contribution in [3.05, 3.63) is 22.3 Å². The van der Waals surface area contributed by atoms with E-state index in [9.17, 15) is 42.3 Å². The van der Waals surface area contributed by atoms with Crippen molar-refractivity contribution in [2.45, 2.75) is 54.8 Å². The van der Waals surface area contributed by atoms with Crippen molar-refractivity contribution >= 4 is 79.4 Å². The van der Waals surface area contributed by atoms with Crippen molar-refractivity contribution in [2.24, 2.45) is 5.16 Å². The molecule has 4 aliphatic heterocycles. The van der Waals surface area contributed by atoms with Crippen LogP contribution in [0, 0.1) is 0 Å². The molecule has 0 radical (unpaired) electrons. The molecule has 4 aliphatic rings.